The first-order chi connectivity index (χ1) is 11.7. The van der Waals surface area contributed by atoms with Crippen molar-refractivity contribution < 1.29 is 9.90 Å². The highest BCUT2D eigenvalue weighted by molar-refractivity contribution is 6.01. The predicted octanol–water partition coefficient (Wildman–Crippen LogP) is 3.40. The molecule has 0 saturated carbocycles. The zero-order chi connectivity index (χ0) is 16.5. The van der Waals surface area contributed by atoms with Crippen LogP contribution in [0.25, 0.3) is 10.8 Å². The number of anilines is 1. The fourth-order valence-electron chi connectivity index (χ4n) is 3.24. The minimum atomic E-state index is -0.730. The number of amides is 1. The Balaban J connectivity index is 1.60. The van der Waals surface area contributed by atoms with E-state index >= 15 is 0 Å². The van der Waals surface area contributed by atoms with Crippen LogP contribution in [0.3, 0.4) is 0 Å². The fourth-order valence-corrected chi connectivity index (χ4v) is 3.24. The summed E-state index contributed by atoms with van der Waals surface area (Å²) in [5.41, 5.74) is 2.34. The van der Waals surface area contributed by atoms with Crippen LogP contribution in [0.1, 0.15) is 22.0 Å². The number of aliphatic hydroxyl groups excluding tert-OH is 1. The zero-order valence-electron chi connectivity index (χ0n) is 13.1. The van der Waals surface area contributed by atoms with Crippen molar-refractivity contribution in [2.75, 3.05) is 18.5 Å². The molecule has 1 atom stereocenters. The Morgan fingerprint density at radius 3 is 2.67 bits per heavy atom. The second-order valence-electron chi connectivity index (χ2n) is 5.99. The van der Waals surface area contributed by atoms with Crippen LogP contribution in [0.4, 0.5) is 5.69 Å². The van der Waals surface area contributed by atoms with Crippen LogP contribution in [-0.2, 0) is 0 Å². The third-order valence-corrected chi connectivity index (χ3v) is 4.48. The van der Waals surface area contributed by atoms with Crippen molar-refractivity contribution in [3.8, 4) is 0 Å². The molecule has 0 aliphatic carbocycles. The lowest BCUT2D eigenvalue weighted by Gasteiger charge is -2.31. The molecule has 3 aromatic carbocycles. The standard InChI is InChI=1S/C20H18N2O2/c23-19(16-10-5-7-14-6-1-2-8-15(14)16)12-22-13-21-18-11-4-3-9-17(18)20(22)24/h1-11,19,21,23H,12-13H2/t19-/m0/s1. The molecule has 4 rings (SSSR count). The first-order valence-corrected chi connectivity index (χ1v) is 8.02. The van der Waals surface area contributed by atoms with Crippen LogP contribution >= 0.6 is 0 Å². The molecule has 0 aromatic heterocycles. The fraction of sp³-hybridized carbons (Fsp3) is 0.150. The lowest BCUT2D eigenvalue weighted by atomic mass is 9.99. The van der Waals surface area contributed by atoms with Crippen molar-refractivity contribution in [3.05, 3.63) is 77.9 Å². The molecule has 1 amide bonds. The minimum absolute atomic E-state index is 0.0522. The first kappa shape index (κ1) is 14.7. The molecule has 0 radical (unpaired) electrons. The molecule has 4 nitrogen and oxygen atoms in total. The van der Waals surface area contributed by atoms with Crippen LogP contribution in [0.5, 0.6) is 0 Å². The average Bonchev–Trinajstić information content (AvgIpc) is 2.63. The number of hydrogen-bond donors (Lipinski definition) is 2. The number of benzene rings is 3. The van der Waals surface area contributed by atoms with Gasteiger partial charge in [0, 0.05) is 5.69 Å². The van der Waals surface area contributed by atoms with Gasteiger partial charge in [0.1, 0.15) is 0 Å². The van der Waals surface area contributed by atoms with Gasteiger partial charge in [0.2, 0.25) is 0 Å². The quantitative estimate of drug-likeness (QED) is 0.778. The smallest absolute Gasteiger partial charge is 0.257 e. The van der Waals surface area contributed by atoms with Crippen molar-refractivity contribution in [3.63, 3.8) is 0 Å². The van der Waals surface area contributed by atoms with Crippen LogP contribution < -0.4 is 5.32 Å². The second kappa shape index (κ2) is 5.98. The van der Waals surface area contributed by atoms with Gasteiger partial charge < -0.3 is 15.3 Å². The molecule has 24 heavy (non-hydrogen) atoms. The van der Waals surface area contributed by atoms with Crippen molar-refractivity contribution in [2.45, 2.75) is 6.10 Å². The molecule has 120 valence electrons. The molecular formula is C20H18N2O2. The molecule has 0 fully saturated rings. The highest BCUT2D eigenvalue weighted by atomic mass is 16.3. The Bertz CT molecular complexity index is 902. The largest absolute Gasteiger partial charge is 0.387 e. The number of para-hydroxylation sites is 1. The number of nitrogens with one attached hydrogen (secondary N) is 1. The van der Waals surface area contributed by atoms with Crippen molar-refractivity contribution in [2.24, 2.45) is 0 Å². The molecule has 0 unspecified atom stereocenters. The summed E-state index contributed by atoms with van der Waals surface area (Å²) >= 11 is 0. The topological polar surface area (TPSA) is 52.6 Å². The zero-order valence-corrected chi connectivity index (χ0v) is 13.1. The van der Waals surface area contributed by atoms with Gasteiger partial charge in [0.25, 0.3) is 5.91 Å². The number of carbonyl (C=O) groups excluding carboxylic acids is 1. The molecule has 3 aromatic rings. The van der Waals surface area contributed by atoms with Gasteiger partial charge in [0.15, 0.2) is 0 Å². The highest BCUT2D eigenvalue weighted by Gasteiger charge is 2.26. The summed E-state index contributed by atoms with van der Waals surface area (Å²) in [5.74, 6) is -0.0522. The molecule has 4 heteroatoms. The first-order valence-electron chi connectivity index (χ1n) is 8.02. The summed E-state index contributed by atoms with van der Waals surface area (Å²) in [6, 6.07) is 21.3. The second-order valence-corrected chi connectivity index (χ2v) is 5.99. The van der Waals surface area contributed by atoms with Gasteiger partial charge in [-0.3, -0.25) is 4.79 Å². The van der Waals surface area contributed by atoms with Crippen LogP contribution in [0.15, 0.2) is 66.7 Å². The van der Waals surface area contributed by atoms with Gasteiger partial charge in [-0.1, -0.05) is 54.6 Å². The van der Waals surface area contributed by atoms with Crippen molar-refractivity contribution in [1.82, 2.24) is 4.90 Å². The SMILES string of the molecule is O=C1c2ccccc2NCN1C[C@H](O)c1cccc2ccccc12. The molecule has 2 N–H and O–H groups in total. The summed E-state index contributed by atoms with van der Waals surface area (Å²) < 4.78 is 0. The summed E-state index contributed by atoms with van der Waals surface area (Å²) in [5, 5.41) is 16.1. The Morgan fingerprint density at radius 1 is 1.00 bits per heavy atom. The van der Waals surface area contributed by atoms with E-state index in [1.165, 1.54) is 0 Å². The monoisotopic (exact) mass is 318 g/mol. The molecule has 0 spiro atoms. The van der Waals surface area contributed by atoms with Gasteiger partial charge in [-0.2, -0.15) is 0 Å². The van der Waals surface area contributed by atoms with E-state index in [0.717, 1.165) is 22.0 Å². The van der Waals surface area contributed by atoms with Crippen LogP contribution in [-0.4, -0.2) is 29.1 Å². The Morgan fingerprint density at radius 2 is 1.75 bits per heavy atom. The Labute approximate surface area is 140 Å². The van der Waals surface area contributed by atoms with E-state index in [1.807, 2.05) is 60.7 Å². The third kappa shape index (κ3) is 2.51. The third-order valence-electron chi connectivity index (χ3n) is 4.48. The van der Waals surface area contributed by atoms with E-state index in [4.69, 9.17) is 0 Å². The van der Waals surface area contributed by atoms with Gasteiger partial charge in [-0.05, 0) is 28.5 Å². The predicted molar refractivity (Wildman–Crippen MR) is 94.9 cm³/mol. The molecular weight excluding hydrogens is 300 g/mol. The number of hydrogen-bond acceptors (Lipinski definition) is 3. The molecule has 1 aliphatic rings. The highest BCUT2D eigenvalue weighted by Crippen LogP contribution is 2.27. The van der Waals surface area contributed by atoms with E-state index in [0.29, 0.717) is 12.2 Å². The maximum Gasteiger partial charge on any atom is 0.257 e. The van der Waals surface area contributed by atoms with E-state index in [1.54, 1.807) is 11.0 Å². The number of nitrogens with zero attached hydrogens (tertiary/aromatic N) is 1. The summed E-state index contributed by atoms with van der Waals surface area (Å²) in [7, 11) is 0. The lowest BCUT2D eigenvalue weighted by molar-refractivity contribution is 0.0630. The number of aliphatic hydroxyl groups is 1. The average molecular weight is 318 g/mol. The molecule has 0 bridgehead atoms. The molecule has 0 saturated heterocycles. The van der Waals surface area contributed by atoms with E-state index < -0.39 is 6.10 Å². The molecule has 1 aliphatic heterocycles. The van der Waals surface area contributed by atoms with Gasteiger partial charge in [0.05, 0.1) is 24.9 Å². The van der Waals surface area contributed by atoms with E-state index in [-0.39, 0.29) is 12.5 Å². The summed E-state index contributed by atoms with van der Waals surface area (Å²) in [6.07, 6.45) is -0.730. The maximum atomic E-state index is 12.6. The van der Waals surface area contributed by atoms with E-state index in [2.05, 4.69) is 5.32 Å². The van der Waals surface area contributed by atoms with Gasteiger partial charge >= 0.3 is 0 Å². The van der Waals surface area contributed by atoms with Gasteiger partial charge in [-0.15, -0.1) is 0 Å². The van der Waals surface area contributed by atoms with Crippen LogP contribution in [0, 0.1) is 0 Å². The number of rotatable bonds is 3. The summed E-state index contributed by atoms with van der Waals surface area (Å²) in [6.45, 7) is 0.659. The number of fused-ring (bicyclic) bond motifs is 2. The molecule has 1 heterocycles. The van der Waals surface area contributed by atoms with Crippen molar-refractivity contribution in [1.29, 1.82) is 0 Å². The minimum Gasteiger partial charge on any atom is -0.387 e. The maximum absolute atomic E-state index is 12.6. The Hall–Kier alpha value is -2.85. The Kier molecular flexibility index (Phi) is 3.67. The lowest BCUT2D eigenvalue weighted by Crippen LogP contribution is -2.42. The van der Waals surface area contributed by atoms with Crippen molar-refractivity contribution >= 4 is 22.4 Å². The van der Waals surface area contributed by atoms with E-state index in [9.17, 15) is 9.90 Å². The van der Waals surface area contributed by atoms with Gasteiger partial charge in [-0.25, -0.2) is 0 Å². The van der Waals surface area contributed by atoms with Crippen LogP contribution in [0.2, 0.25) is 0 Å². The normalized spacial score (nSPS) is 15.0. The number of β-amino-alcohol motifs (C(OH)–C–C–N with tert-alkyl or cyclic N) is 1. The number of carbonyl (C=O) groups is 1. The summed E-state index contributed by atoms with van der Waals surface area (Å²) in [4.78, 5) is 14.3.